The first kappa shape index (κ1) is 7.61. The van der Waals surface area contributed by atoms with E-state index < -0.39 is 12.2 Å². The maximum Gasteiger partial charge on any atom is 0.407 e. The largest absolute Gasteiger partial charge is 0.465 e. The second kappa shape index (κ2) is 2.48. The van der Waals surface area contributed by atoms with Crippen LogP contribution in [0.2, 0.25) is 0 Å². The lowest BCUT2D eigenvalue weighted by molar-refractivity contribution is 0.0120. The van der Waals surface area contributed by atoms with E-state index in [1.807, 2.05) is 6.08 Å². The lowest BCUT2D eigenvalue weighted by atomic mass is 9.84. The molecule has 3 aliphatic rings. The lowest BCUT2D eigenvalue weighted by Gasteiger charge is -2.42. The van der Waals surface area contributed by atoms with Gasteiger partial charge in [0.1, 0.15) is 0 Å². The fourth-order valence-corrected chi connectivity index (χ4v) is 1.95. The van der Waals surface area contributed by atoms with Gasteiger partial charge in [-0.3, -0.25) is 4.90 Å². The minimum absolute atomic E-state index is 0.209. The summed E-state index contributed by atoms with van der Waals surface area (Å²) in [6.07, 6.45) is 3.04. The molecule has 0 saturated carbocycles. The van der Waals surface area contributed by atoms with Crippen LogP contribution in [-0.2, 0) is 0 Å². The second-order valence-corrected chi connectivity index (χ2v) is 3.37. The Labute approximate surface area is 70.1 Å². The first-order valence-corrected chi connectivity index (χ1v) is 4.04. The van der Waals surface area contributed by atoms with Crippen LogP contribution in [-0.4, -0.2) is 39.9 Å². The van der Waals surface area contributed by atoms with Gasteiger partial charge in [-0.05, 0) is 12.3 Å². The van der Waals surface area contributed by atoms with Crippen molar-refractivity contribution >= 4 is 6.09 Å². The molecular weight excluding hydrogens is 158 g/mol. The number of hydrogen-bond acceptors (Lipinski definition) is 2. The Kier molecular flexibility index (Phi) is 1.58. The highest BCUT2D eigenvalue weighted by Crippen LogP contribution is 2.29. The van der Waals surface area contributed by atoms with Crippen molar-refractivity contribution in [3.8, 4) is 0 Å². The molecule has 3 unspecified atom stereocenters. The van der Waals surface area contributed by atoms with Gasteiger partial charge < -0.3 is 10.2 Å². The van der Waals surface area contributed by atoms with E-state index in [-0.39, 0.29) is 12.0 Å². The van der Waals surface area contributed by atoms with Crippen molar-refractivity contribution in [1.82, 2.24) is 4.90 Å². The molecule has 2 aliphatic heterocycles. The molecule has 0 spiro atoms. The van der Waals surface area contributed by atoms with Crippen LogP contribution in [0.15, 0.2) is 12.2 Å². The van der Waals surface area contributed by atoms with Gasteiger partial charge in [-0.15, -0.1) is 0 Å². The van der Waals surface area contributed by atoms with Gasteiger partial charge in [0.25, 0.3) is 0 Å². The van der Waals surface area contributed by atoms with Gasteiger partial charge in [-0.2, -0.15) is 0 Å². The van der Waals surface area contributed by atoms with E-state index in [2.05, 4.69) is 0 Å². The molecule has 4 heteroatoms. The van der Waals surface area contributed by atoms with Crippen LogP contribution in [0.25, 0.3) is 0 Å². The number of carbonyl (C=O) groups is 1. The molecule has 2 bridgehead atoms. The summed E-state index contributed by atoms with van der Waals surface area (Å²) in [5.74, 6) is 0.209. The van der Waals surface area contributed by atoms with Gasteiger partial charge in [0.05, 0.1) is 12.1 Å². The quantitative estimate of drug-likeness (QED) is 0.512. The standard InChI is InChI=1S/C8H11NO3/c10-7-3-5-1-2-6(7)9(4-5)8(11)12/h1-2,5-7,10H,3-4H2,(H,11,12). The van der Waals surface area contributed by atoms with Crippen molar-refractivity contribution in [2.24, 2.45) is 5.92 Å². The highest BCUT2D eigenvalue weighted by Gasteiger charge is 2.38. The van der Waals surface area contributed by atoms with Crippen molar-refractivity contribution in [3.05, 3.63) is 12.2 Å². The molecule has 1 amide bonds. The smallest absolute Gasteiger partial charge is 0.407 e. The zero-order chi connectivity index (χ0) is 8.72. The third-order valence-electron chi connectivity index (χ3n) is 2.56. The van der Waals surface area contributed by atoms with Crippen molar-refractivity contribution in [1.29, 1.82) is 0 Å². The van der Waals surface area contributed by atoms with Crippen LogP contribution in [0.3, 0.4) is 0 Å². The van der Waals surface area contributed by atoms with Crippen LogP contribution in [0, 0.1) is 5.92 Å². The molecule has 4 nitrogen and oxygen atoms in total. The summed E-state index contributed by atoms with van der Waals surface area (Å²) in [7, 11) is 0. The van der Waals surface area contributed by atoms with E-state index >= 15 is 0 Å². The normalized spacial score (nSPS) is 38.8. The Morgan fingerprint density at radius 3 is 2.67 bits per heavy atom. The maximum absolute atomic E-state index is 10.7. The van der Waals surface area contributed by atoms with E-state index in [1.165, 1.54) is 4.90 Å². The zero-order valence-corrected chi connectivity index (χ0v) is 6.55. The average molecular weight is 169 g/mol. The number of amides is 1. The molecule has 0 radical (unpaired) electrons. The molecule has 1 aliphatic carbocycles. The maximum atomic E-state index is 10.7. The molecular formula is C8H11NO3. The fraction of sp³-hybridized carbons (Fsp3) is 0.625. The van der Waals surface area contributed by atoms with Gasteiger partial charge in [-0.25, -0.2) is 4.79 Å². The summed E-state index contributed by atoms with van der Waals surface area (Å²) < 4.78 is 0. The first-order valence-electron chi connectivity index (χ1n) is 4.04. The third kappa shape index (κ3) is 0.992. The van der Waals surface area contributed by atoms with Gasteiger partial charge in [0.15, 0.2) is 0 Å². The highest BCUT2D eigenvalue weighted by molar-refractivity contribution is 5.66. The predicted octanol–water partition coefficient (Wildman–Crippen LogP) is 0.286. The Morgan fingerprint density at radius 1 is 1.50 bits per heavy atom. The zero-order valence-electron chi connectivity index (χ0n) is 6.55. The van der Waals surface area contributed by atoms with Crippen molar-refractivity contribution < 1.29 is 15.0 Å². The van der Waals surface area contributed by atoms with Crippen molar-refractivity contribution in [2.75, 3.05) is 6.54 Å². The van der Waals surface area contributed by atoms with Crippen LogP contribution in [0.4, 0.5) is 4.79 Å². The van der Waals surface area contributed by atoms with Crippen LogP contribution < -0.4 is 0 Å². The molecule has 2 N–H and O–H groups in total. The molecule has 12 heavy (non-hydrogen) atoms. The van der Waals surface area contributed by atoms with Gasteiger partial charge >= 0.3 is 6.09 Å². The SMILES string of the molecule is O=C(O)N1CC2C=CC1C(O)C2. The molecule has 1 fully saturated rings. The average Bonchev–Trinajstić information content (AvgIpc) is 2.04. The van der Waals surface area contributed by atoms with Crippen molar-refractivity contribution in [3.63, 3.8) is 0 Å². The van der Waals surface area contributed by atoms with Crippen LogP contribution in [0.5, 0.6) is 0 Å². The number of piperidine rings is 1. The Hall–Kier alpha value is -1.03. The monoisotopic (exact) mass is 169 g/mol. The highest BCUT2D eigenvalue weighted by atomic mass is 16.4. The van der Waals surface area contributed by atoms with Crippen LogP contribution >= 0.6 is 0 Å². The summed E-state index contributed by atoms with van der Waals surface area (Å²) in [6, 6.07) is -0.313. The second-order valence-electron chi connectivity index (χ2n) is 3.37. The Balaban J connectivity index is 2.22. The minimum atomic E-state index is -0.937. The summed E-state index contributed by atoms with van der Waals surface area (Å²) in [6.45, 7) is 0.535. The number of rotatable bonds is 0. The Morgan fingerprint density at radius 2 is 2.25 bits per heavy atom. The molecule has 0 aromatic rings. The van der Waals surface area contributed by atoms with E-state index in [9.17, 15) is 9.90 Å². The predicted molar refractivity (Wildman–Crippen MR) is 41.8 cm³/mol. The number of fused-ring (bicyclic) bond motifs is 2. The van der Waals surface area contributed by atoms with Crippen molar-refractivity contribution in [2.45, 2.75) is 18.6 Å². The molecule has 0 aromatic heterocycles. The summed E-state index contributed by atoms with van der Waals surface area (Å²) >= 11 is 0. The van der Waals surface area contributed by atoms with Gasteiger partial charge in [0.2, 0.25) is 0 Å². The number of hydrogen-bond donors (Lipinski definition) is 2. The molecule has 3 atom stereocenters. The van der Waals surface area contributed by atoms with Gasteiger partial charge in [-0.1, -0.05) is 12.2 Å². The lowest BCUT2D eigenvalue weighted by Crippen LogP contribution is -2.54. The minimum Gasteiger partial charge on any atom is -0.465 e. The molecule has 1 saturated heterocycles. The fourth-order valence-electron chi connectivity index (χ4n) is 1.95. The third-order valence-corrected chi connectivity index (χ3v) is 2.56. The first-order chi connectivity index (χ1) is 5.68. The Bertz CT molecular complexity index is 238. The van der Waals surface area contributed by atoms with Gasteiger partial charge in [0, 0.05) is 6.54 Å². The summed E-state index contributed by atoms with van der Waals surface area (Å²) in [5.41, 5.74) is 0. The van der Waals surface area contributed by atoms with E-state index in [1.54, 1.807) is 6.08 Å². The van der Waals surface area contributed by atoms with E-state index in [0.29, 0.717) is 13.0 Å². The molecule has 3 rings (SSSR count). The molecule has 0 aromatic carbocycles. The topological polar surface area (TPSA) is 60.8 Å². The van der Waals surface area contributed by atoms with Crippen LogP contribution in [0.1, 0.15) is 6.42 Å². The molecule has 66 valence electrons. The van der Waals surface area contributed by atoms with E-state index in [0.717, 1.165) is 0 Å². The van der Waals surface area contributed by atoms with E-state index in [4.69, 9.17) is 5.11 Å². The summed E-state index contributed by atoms with van der Waals surface area (Å²) in [4.78, 5) is 12.0. The molecule has 2 heterocycles. The number of aliphatic hydroxyl groups excluding tert-OH is 1. The number of aliphatic hydroxyl groups is 1. The summed E-state index contributed by atoms with van der Waals surface area (Å²) in [5, 5.41) is 18.2. The number of carboxylic acid groups (broad SMARTS) is 1. The number of nitrogens with zero attached hydrogens (tertiary/aromatic N) is 1.